The Labute approximate surface area is 171 Å². The summed E-state index contributed by atoms with van der Waals surface area (Å²) in [5.41, 5.74) is 1.06. The monoisotopic (exact) mass is 428 g/mol. The molecule has 0 saturated carbocycles. The number of carbonyl (C=O) groups is 3. The first-order valence-corrected chi connectivity index (χ1v) is 9.68. The van der Waals surface area contributed by atoms with Crippen LogP contribution in [-0.4, -0.2) is 81.6 Å². The summed E-state index contributed by atoms with van der Waals surface area (Å²) in [7, 11) is 0. The van der Waals surface area contributed by atoms with Gasteiger partial charge in [0.1, 0.15) is 0 Å². The van der Waals surface area contributed by atoms with Crippen LogP contribution in [0.1, 0.15) is 18.4 Å². The number of carboxylic acids is 1. The van der Waals surface area contributed by atoms with Gasteiger partial charge < -0.3 is 19.8 Å². The third-order valence-electron chi connectivity index (χ3n) is 5.51. The molecule has 2 atom stereocenters. The van der Waals surface area contributed by atoms with Crippen LogP contribution >= 0.6 is 0 Å². The average molecular weight is 428 g/mol. The van der Waals surface area contributed by atoms with Crippen molar-refractivity contribution >= 4 is 17.9 Å². The molecule has 1 aromatic heterocycles. The molecule has 3 amide bonds. The van der Waals surface area contributed by atoms with Crippen LogP contribution in [0.2, 0.25) is 0 Å². The smallest absolute Gasteiger partial charge is 0.475 e. The Morgan fingerprint density at radius 3 is 2.33 bits per heavy atom. The number of urea groups is 1. The van der Waals surface area contributed by atoms with Crippen LogP contribution in [0, 0.1) is 11.8 Å². The summed E-state index contributed by atoms with van der Waals surface area (Å²) in [5.74, 6) is -2.30. The van der Waals surface area contributed by atoms with E-state index < -0.39 is 12.1 Å². The highest BCUT2D eigenvalue weighted by molar-refractivity contribution is 5.84. The Morgan fingerprint density at radius 2 is 1.80 bits per heavy atom. The van der Waals surface area contributed by atoms with Crippen LogP contribution < -0.4 is 0 Å². The van der Waals surface area contributed by atoms with Gasteiger partial charge in [-0.1, -0.05) is 6.07 Å². The van der Waals surface area contributed by atoms with E-state index in [1.807, 2.05) is 33.0 Å². The van der Waals surface area contributed by atoms with Crippen LogP contribution in [0.5, 0.6) is 0 Å². The number of aliphatic carboxylic acids is 1. The summed E-state index contributed by atoms with van der Waals surface area (Å²) in [4.78, 5) is 43.9. The maximum Gasteiger partial charge on any atom is 0.490 e. The summed E-state index contributed by atoms with van der Waals surface area (Å²) in [6, 6.07) is 4.02. The number of nitrogens with zero attached hydrogens (tertiary/aromatic N) is 4. The maximum atomic E-state index is 12.6. The van der Waals surface area contributed by atoms with Gasteiger partial charge in [0, 0.05) is 57.6 Å². The molecule has 3 fully saturated rings. The maximum absolute atomic E-state index is 12.6. The minimum absolute atomic E-state index is 0.0155. The molecule has 8 nitrogen and oxygen atoms in total. The molecule has 30 heavy (non-hydrogen) atoms. The SMILES string of the molecule is O=C(O)C(F)(F)F.O=C1[C@H]2CN(C(=O)N3CCCC3)C[C@H]2CN1Cc1cccnc1. The molecule has 3 aliphatic rings. The number of fused-ring (bicyclic) bond motifs is 1. The summed E-state index contributed by atoms with van der Waals surface area (Å²) in [6.07, 6.45) is 0.672. The average Bonchev–Trinajstić information content (AvgIpc) is 3.42. The minimum atomic E-state index is -5.08. The molecule has 164 valence electrons. The molecular formula is C19H23F3N4O4. The van der Waals surface area contributed by atoms with Crippen molar-refractivity contribution in [1.82, 2.24) is 19.7 Å². The zero-order chi connectivity index (χ0) is 21.9. The highest BCUT2D eigenvalue weighted by Crippen LogP contribution is 2.33. The molecule has 0 radical (unpaired) electrons. The van der Waals surface area contributed by atoms with Gasteiger partial charge in [-0.05, 0) is 24.5 Å². The summed E-state index contributed by atoms with van der Waals surface area (Å²) < 4.78 is 31.7. The Kier molecular flexibility index (Phi) is 6.47. The van der Waals surface area contributed by atoms with Gasteiger partial charge in [0.05, 0.1) is 5.92 Å². The van der Waals surface area contributed by atoms with Crippen molar-refractivity contribution in [2.24, 2.45) is 11.8 Å². The lowest BCUT2D eigenvalue weighted by Gasteiger charge is -2.26. The quantitative estimate of drug-likeness (QED) is 0.776. The highest BCUT2D eigenvalue weighted by atomic mass is 19.4. The zero-order valence-electron chi connectivity index (χ0n) is 16.2. The molecule has 11 heteroatoms. The summed E-state index contributed by atoms with van der Waals surface area (Å²) >= 11 is 0. The molecule has 4 rings (SSSR count). The van der Waals surface area contributed by atoms with Crippen LogP contribution in [0.25, 0.3) is 0 Å². The van der Waals surface area contributed by atoms with Gasteiger partial charge in [-0.15, -0.1) is 0 Å². The Hall–Kier alpha value is -2.85. The number of hydrogen-bond acceptors (Lipinski definition) is 4. The van der Waals surface area contributed by atoms with E-state index in [4.69, 9.17) is 9.90 Å². The van der Waals surface area contributed by atoms with Gasteiger partial charge in [0.2, 0.25) is 5.91 Å². The molecule has 0 unspecified atom stereocenters. The first-order valence-electron chi connectivity index (χ1n) is 9.68. The number of carboxylic acid groups (broad SMARTS) is 1. The first-order chi connectivity index (χ1) is 14.2. The molecule has 0 spiro atoms. The first kappa shape index (κ1) is 21.8. The van der Waals surface area contributed by atoms with Crippen molar-refractivity contribution in [1.29, 1.82) is 0 Å². The van der Waals surface area contributed by atoms with E-state index in [1.54, 1.807) is 6.20 Å². The van der Waals surface area contributed by atoms with Gasteiger partial charge in [0.15, 0.2) is 0 Å². The van der Waals surface area contributed by atoms with E-state index in [9.17, 15) is 22.8 Å². The fraction of sp³-hybridized carbons (Fsp3) is 0.579. The lowest BCUT2D eigenvalue weighted by Crippen LogP contribution is -2.42. The number of amides is 3. The van der Waals surface area contributed by atoms with Crippen molar-refractivity contribution in [3.8, 4) is 0 Å². The summed E-state index contributed by atoms with van der Waals surface area (Å²) in [6.45, 7) is 4.41. The molecule has 3 aliphatic heterocycles. The molecule has 4 heterocycles. The molecule has 0 aliphatic carbocycles. The number of carbonyl (C=O) groups excluding carboxylic acids is 2. The predicted octanol–water partition coefficient (Wildman–Crippen LogP) is 1.82. The number of rotatable bonds is 2. The van der Waals surface area contributed by atoms with Crippen LogP contribution in [0.4, 0.5) is 18.0 Å². The molecule has 3 saturated heterocycles. The Balaban J connectivity index is 0.000000318. The minimum Gasteiger partial charge on any atom is -0.475 e. The van der Waals surface area contributed by atoms with Crippen LogP contribution in [-0.2, 0) is 16.1 Å². The normalized spacial score (nSPS) is 23.3. The lowest BCUT2D eigenvalue weighted by molar-refractivity contribution is -0.192. The molecule has 1 N–H and O–H groups in total. The molecular weight excluding hydrogens is 405 g/mol. The van der Waals surface area contributed by atoms with E-state index in [2.05, 4.69) is 4.98 Å². The van der Waals surface area contributed by atoms with E-state index in [0.29, 0.717) is 13.1 Å². The number of alkyl halides is 3. The zero-order valence-corrected chi connectivity index (χ0v) is 16.2. The standard InChI is InChI=1S/C17H22N4O2.C2HF3O2/c22-16-15-12-21(17(23)19-6-1-2-7-19)11-14(15)10-20(16)9-13-4-3-5-18-8-13;3-2(4,5)1(6)7/h3-5,8,14-15H,1-2,6-7,9-12H2;(H,6,7)/t14-,15+;/m1./s1. The number of pyridine rings is 1. The van der Waals surface area contributed by atoms with Crippen molar-refractivity contribution in [2.75, 3.05) is 32.7 Å². The van der Waals surface area contributed by atoms with E-state index >= 15 is 0 Å². The third kappa shape index (κ3) is 5.00. The van der Waals surface area contributed by atoms with Crippen molar-refractivity contribution < 1.29 is 32.7 Å². The van der Waals surface area contributed by atoms with Crippen LogP contribution in [0.15, 0.2) is 24.5 Å². The highest BCUT2D eigenvalue weighted by Gasteiger charge is 2.48. The molecule has 1 aromatic rings. The van der Waals surface area contributed by atoms with Gasteiger partial charge in [-0.25, -0.2) is 9.59 Å². The third-order valence-corrected chi connectivity index (χ3v) is 5.51. The van der Waals surface area contributed by atoms with Crippen molar-refractivity contribution in [3.05, 3.63) is 30.1 Å². The van der Waals surface area contributed by atoms with Crippen LogP contribution in [0.3, 0.4) is 0 Å². The topological polar surface area (TPSA) is 94.0 Å². The number of halogens is 3. The summed E-state index contributed by atoms with van der Waals surface area (Å²) in [5, 5.41) is 7.12. The fourth-order valence-corrected chi connectivity index (χ4v) is 4.06. The fourth-order valence-electron chi connectivity index (χ4n) is 4.06. The predicted molar refractivity (Wildman–Crippen MR) is 98.1 cm³/mol. The number of likely N-dealkylation sites (tertiary alicyclic amines) is 3. The second-order valence-corrected chi connectivity index (χ2v) is 7.63. The number of hydrogen-bond donors (Lipinski definition) is 1. The molecule has 0 aromatic carbocycles. The van der Waals surface area contributed by atoms with Gasteiger partial charge >= 0.3 is 18.2 Å². The molecule has 0 bridgehead atoms. The Morgan fingerprint density at radius 1 is 1.13 bits per heavy atom. The number of aromatic nitrogens is 1. The van der Waals surface area contributed by atoms with Crippen molar-refractivity contribution in [2.45, 2.75) is 25.6 Å². The van der Waals surface area contributed by atoms with Gasteiger partial charge in [0.25, 0.3) is 0 Å². The van der Waals surface area contributed by atoms with E-state index in [0.717, 1.165) is 44.6 Å². The van der Waals surface area contributed by atoms with E-state index in [1.165, 1.54) is 0 Å². The second-order valence-electron chi connectivity index (χ2n) is 7.63. The second kappa shape index (κ2) is 8.88. The lowest BCUT2D eigenvalue weighted by atomic mass is 10.0. The van der Waals surface area contributed by atoms with Gasteiger partial charge in [-0.3, -0.25) is 9.78 Å². The van der Waals surface area contributed by atoms with Crippen molar-refractivity contribution in [3.63, 3.8) is 0 Å². The van der Waals surface area contributed by atoms with E-state index in [-0.39, 0.29) is 23.8 Å². The van der Waals surface area contributed by atoms with Gasteiger partial charge in [-0.2, -0.15) is 13.2 Å². The largest absolute Gasteiger partial charge is 0.490 e. The Bertz CT molecular complexity index is 784.